The second kappa shape index (κ2) is 4.61. The van der Waals surface area contributed by atoms with Crippen LogP contribution < -0.4 is 0 Å². The molecule has 1 fully saturated rings. The van der Waals surface area contributed by atoms with Gasteiger partial charge in [0.2, 0.25) is 0 Å². The Hall–Kier alpha value is -1.10. The van der Waals surface area contributed by atoms with Crippen molar-refractivity contribution < 1.29 is 14.7 Å². The third-order valence-electron chi connectivity index (χ3n) is 2.83. The van der Waals surface area contributed by atoms with E-state index in [-0.39, 0.29) is 19.2 Å². The molecule has 2 amide bonds. The van der Waals surface area contributed by atoms with E-state index in [0.717, 1.165) is 0 Å². The highest BCUT2D eigenvalue weighted by molar-refractivity contribution is 6.35. The van der Waals surface area contributed by atoms with Gasteiger partial charge in [0.1, 0.15) is 0 Å². The summed E-state index contributed by atoms with van der Waals surface area (Å²) < 4.78 is 0. The largest absolute Gasteiger partial charge is 0.395 e. The maximum Gasteiger partial charge on any atom is 0.312 e. The lowest BCUT2D eigenvalue weighted by Gasteiger charge is -2.40. The zero-order valence-electron chi connectivity index (χ0n) is 9.43. The molecule has 1 saturated heterocycles. The molecule has 5 nitrogen and oxygen atoms in total. The standard InChI is InChI=1S/C10H18N2O3/c1-7(2)8-6-12(4-5-13)10(15)9(14)11(8)3/h7-8,13H,4-6H2,1-3H3. The van der Waals surface area contributed by atoms with Crippen molar-refractivity contribution in [2.24, 2.45) is 5.92 Å². The summed E-state index contributed by atoms with van der Waals surface area (Å²) in [6, 6.07) is 0.0433. The van der Waals surface area contributed by atoms with E-state index in [2.05, 4.69) is 0 Å². The van der Waals surface area contributed by atoms with Gasteiger partial charge in [-0.3, -0.25) is 9.59 Å². The van der Waals surface area contributed by atoms with E-state index in [1.807, 2.05) is 13.8 Å². The molecular formula is C10H18N2O3. The molecule has 0 spiro atoms. The SMILES string of the molecule is CC(C)C1CN(CCO)C(=O)C(=O)N1C. The van der Waals surface area contributed by atoms with Crippen molar-refractivity contribution >= 4 is 11.8 Å². The number of aliphatic hydroxyl groups excluding tert-OH is 1. The van der Waals surface area contributed by atoms with Crippen molar-refractivity contribution in [1.82, 2.24) is 9.80 Å². The summed E-state index contributed by atoms with van der Waals surface area (Å²) in [6.07, 6.45) is 0. The lowest BCUT2D eigenvalue weighted by atomic mass is 10.00. The normalized spacial score (nSPS) is 22.9. The zero-order chi connectivity index (χ0) is 11.6. The van der Waals surface area contributed by atoms with E-state index < -0.39 is 11.8 Å². The number of carbonyl (C=O) groups is 2. The zero-order valence-corrected chi connectivity index (χ0v) is 9.43. The number of likely N-dealkylation sites (N-methyl/N-ethyl adjacent to an activating group) is 1. The molecule has 0 saturated carbocycles. The summed E-state index contributed by atoms with van der Waals surface area (Å²) >= 11 is 0. The Kier molecular flexibility index (Phi) is 3.68. The summed E-state index contributed by atoms with van der Waals surface area (Å²) in [7, 11) is 1.65. The first kappa shape index (κ1) is 12.0. The Labute approximate surface area is 89.7 Å². The van der Waals surface area contributed by atoms with Gasteiger partial charge in [-0.2, -0.15) is 0 Å². The molecule has 0 radical (unpaired) electrons. The lowest BCUT2D eigenvalue weighted by Crippen LogP contribution is -2.60. The predicted molar refractivity (Wildman–Crippen MR) is 55.1 cm³/mol. The minimum absolute atomic E-state index is 0.0433. The Morgan fingerprint density at radius 3 is 2.47 bits per heavy atom. The monoisotopic (exact) mass is 214 g/mol. The smallest absolute Gasteiger partial charge is 0.312 e. The maximum atomic E-state index is 11.6. The van der Waals surface area contributed by atoms with Gasteiger partial charge in [-0.15, -0.1) is 0 Å². The molecule has 15 heavy (non-hydrogen) atoms. The number of β-amino-alcohol motifs (C(OH)–C–C–N with tert-alkyl or cyclic N) is 1. The molecule has 5 heteroatoms. The van der Waals surface area contributed by atoms with Crippen LogP contribution in [0.1, 0.15) is 13.8 Å². The van der Waals surface area contributed by atoms with Gasteiger partial charge >= 0.3 is 11.8 Å². The van der Waals surface area contributed by atoms with Gasteiger partial charge in [-0.05, 0) is 5.92 Å². The van der Waals surface area contributed by atoms with Crippen LogP contribution in [-0.2, 0) is 9.59 Å². The topological polar surface area (TPSA) is 60.9 Å². The van der Waals surface area contributed by atoms with E-state index >= 15 is 0 Å². The molecule has 1 N–H and O–H groups in total. The van der Waals surface area contributed by atoms with Crippen molar-refractivity contribution in [1.29, 1.82) is 0 Å². The molecule has 1 heterocycles. The second-order valence-corrected chi connectivity index (χ2v) is 4.20. The van der Waals surface area contributed by atoms with Gasteiger partial charge < -0.3 is 14.9 Å². The first-order chi connectivity index (χ1) is 6.99. The fraction of sp³-hybridized carbons (Fsp3) is 0.800. The summed E-state index contributed by atoms with van der Waals surface area (Å²) in [5.41, 5.74) is 0. The number of aliphatic hydroxyl groups is 1. The molecule has 1 atom stereocenters. The third kappa shape index (κ3) is 2.28. The van der Waals surface area contributed by atoms with Crippen LogP contribution in [0.25, 0.3) is 0 Å². The van der Waals surface area contributed by atoms with Gasteiger partial charge in [0.25, 0.3) is 0 Å². The fourth-order valence-electron chi connectivity index (χ4n) is 1.84. The van der Waals surface area contributed by atoms with Gasteiger partial charge in [-0.1, -0.05) is 13.8 Å². The number of hydrogen-bond donors (Lipinski definition) is 1. The quantitative estimate of drug-likeness (QED) is 0.632. The van der Waals surface area contributed by atoms with E-state index in [0.29, 0.717) is 12.5 Å². The number of carbonyl (C=O) groups excluding carboxylic acids is 2. The van der Waals surface area contributed by atoms with Crippen LogP contribution >= 0.6 is 0 Å². The number of nitrogens with zero attached hydrogens (tertiary/aromatic N) is 2. The van der Waals surface area contributed by atoms with Gasteiger partial charge in [0.05, 0.1) is 12.6 Å². The molecule has 1 unspecified atom stereocenters. The van der Waals surface area contributed by atoms with Crippen LogP contribution in [0, 0.1) is 5.92 Å². The Balaban J connectivity index is 2.80. The van der Waals surface area contributed by atoms with Crippen molar-refractivity contribution in [2.45, 2.75) is 19.9 Å². The van der Waals surface area contributed by atoms with Crippen molar-refractivity contribution in [2.75, 3.05) is 26.7 Å². The minimum Gasteiger partial charge on any atom is -0.395 e. The van der Waals surface area contributed by atoms with E-state index in [9.17, 15) is 9.59 Å². The highest BCUT2D eigenvalue weighted by Crippen LogP contribution is 2.16. The Morgan fingerprint density at radius 2 is 2.00 bits per heavy atom. The number of rotatable bonds is 3. The molecular weight excluding hydrogens is 196 g/mol. The molecule has 1 aliphatic heterocycles. The number of piperazine rings is 1. The molecule has 0 aromatic heterocycles. The average Bonchev–Trinajstić information content (AvgIpc) is 2.18. The molecule has 0 bridgehead atoms. The first-order valence-electron chi connectivity index (χ1n) is 5.16. The van der Waals surface area contributed by atoms with Crippen LogP contribution in [0.4, 0.5) is 0 Å². The predicted octanol–water partition coefficient (Wildman–Crippen LogP) is -0.696. The van der Waals surface area contributed by atoms with Crippen LogP contribution in [0.15, 0.2) is 0 Å². The van der Waals surface area contributed by atoms with Crippen LogP contribution in [0.2, 0.25) is 0 Å². The first-order valence-corrected chi connectivity index (χ1v) is 5.16. The second-order valence-electron chi connectivity index (χ2n) is 4.20. The maximum absolute atomic E-state index is 11.6. The van der Waals surface area contributed by atoms with Crippen molar-refractivity contribution in [3.05, 3.63) is 0 Å². The van der Waals surface area contributed by atoms with Crippen LogP contribution in [-0.4, -0.2) is 59.5 Å². The summed E-state index contributed by atoms with van der Waals surface area (Å²) in [6.45, 7) is 4.68. The molecule has 86 valence electrons. The summed E-state index contributed by atoms with van der Waals surface area (Å²) in [5, 5.41) is 8.79. The highest BCUT2D eigenvalue weighted by atomic mass is 16.3. The molecule has 1 aliphatic rings. The summed E-state index contributed by atoms with van der Waals surface area (Å²) in [4.78, 5) is 26.0. The van der Waals surface area contributed by atoms with Crippen molar-refractivity contribution in [3.8, 4) is 0 Å². The fourth-order valence-corrected chi connectivity index (χ4v) is 1.84. The van der Waals surface area contributed by atoms with E-state index in [1.165, 1.54) is 9.80 Å². The van der Waals surface area contributed by atoms with Gasteiger partial charge in [0, 0.05) is 20.1 Å². The number of hydrogen-bond acceptors (Lipinski definition) is 3. The Morgan fingerprint density at radius 1 is 1.40 bits per heavy atom. The molecule has 0 aliphatic carbocycles. The lowest BCUT2D eigenvalue weighted by molar-refractivity contribution is -0.159. The molecule has 0 aromatic carbocycles. The average molecular weight is 214 g/mol. The minimum atomic E-state index is -0.511. The van der Waals surface area contributed by atoms with Crippen molar-refractivity contribution in [3.63, 3.8) is 0 Å². The third-order valence-corrected chi connectivity index (χ3v) is 2.83. The number of amides is 2. The molecule has 1 rings (SSSR count). The van der Waals surface area contributed by atoms with Gasteiger partial charge in [-0.25, -0.2) is 0 Å². The highest BCUT2D eigenvalue weighted by Gasteiger charge is 2.37. The van der Waals surface area contributed by atoms with Crippen LogP contribution in [0.3, 0.4) is 0 Å². The van der Waals surface area contributed by atoms with Gasteiger partial charge in [0.15, 0.2) is 0 Å². The Bertz CT molecular complexity index is 265. The van der Waals surface area contributed by atoms with Crippen LogP contribution in [0.5, 0.6) is 0 Å². The summed E-state index contributed by atoms with van der Waals surface area (Å²) in [5.74, 6) is -0.690. The van der Waals surface area contributed by atoms with E-state index in [4.69, 9.17) is 5.11 Å². The van der Waals surface area contributed by atoms with E-state index in [1.54, 1.807) is 7.05 Å². The molecule has 0 aromatic rings.